The molecule has 0 aromatic heterocycles. The number of rotatable bonds is 18. The number of hydrogen-bond donors (Lipinski definition) is 2. The molecule has 0 saturated heterocycles. The molecule has 35 heavy (non-hydrogen) atoms. The monoisotopic (exact) mass is 522 g/mol. The van der Waals surface area contributed by atoms with Crippen LogP contribution < -0.4 is 10.6 Å². The lowest BCUT2D eigenvalue weighted by molar-refractivity contribution is -0.123. The summed E-state index contributed by atoms with van der Waals surface area (Å²) in [5.41, 5.74) is 4.79. The Bertz CT molecular complexity index is 692. The molecule has 2 atom stereocenters. The summed E-state index contributed by atoms with van der Waals surface area (Å²) in [7, 11) is 0. The van der Waals surface area contributed by atoms with Gasteiger partial charge in [0.15, 0.2) is 0 Å². The molecular formula is C29H50N2O2S2. The number of nitrogens with one attached hydrogen (secondary N) is 2. The van der Waals surface area contributed by atoms with Gasteiger partial charge in [0.2, 0.25) is 11.8 Å². The van der Waals surface area contributed by atoms with E-state index in [1.54, 1.807) is 23.5 Å². The summed E-state index contributed by atoms with van der Waals surface area (Å²) in [6.45, 7) is 13.9. The largest absolute Gasteiger partial charge is 0.356 e. The molecule has 0 fully saturated rings. The maximum Gasteiger partial charge on any atom is 0.226 e. The Kier molecular flexibility index (Phi) is 19.9. The fourth-order valence-electron chi connectivity index (χ4n) is 3.62. The summed E-state index contributed by atoms with van der Waals surface area (Å²) in [5, 5.41) is 6.10. The first-order chi connectivity index (χ1) is 16.7. The lowest BCUT2D eigenvalue weighted by atomic mass is 9.95. The number of thioether (sulfide) groups is 2. The molecule has 0 heterocycles. The first-order valence-electron chi connectivity index (χ1n) is 13.0. The second kappa shape index (κ2) is 20.8. The molecule has 2 amide bonds. The first kappa shape index (κ1) is 33.6. The Morgan fingerprint density at radius 3 is 1.43 bits per heavy atom. The highest BCUT2D eigenvalue weighted by Gasteiger charge is 2.14. The molecule has 200 valence electrons. The van der Waals surface area contributed by atoms with Gasteiger partial charge in [-0.3, -0.25) is 9.59 Å². The van der Waals surface area contributed by atoms with Crippen molar-refractivity contribution in [1.29, 1.82) is 0 Å². The Hall–Kier alpha value is -1.40. The van der Waals surface area contributed by atoms with Crippen molar-refractivity contribution >= 4 is 35.3 Å². The predicted molar refractivity (Wildman–Crippen MR) is 159 cm³/mol. The van der Waals surface area contributed by atoms with Gasteiger partial charge in [-0.2, -0.15) is 23.5 Å². The van der Waals surface area contributed by atoms with Gasteiger partial charge in [-0.05, 0) is 56.8 Å². The molecule has 0 rings (SSSR count). The van der Waals surface area contributed by atoms with Gasteiger partial charge >= 0.3 is 0 Å². The molecule has 0 aromatic rings. The van der Waals surface area contributed by atoms with Crippen LogP contribution in [0.15, 0.2) is 46.6 Å². The second-order valence-electron chi connectivity index (χ2n) is 9.37. The number of allylic oxidation sites excluding steroid dienone is 4. The van der Waals surface area contributed by atoms with E-state index in [4.69, 9.17) is 0 Å². The van der Waals surface area contributed by atoms with Gasteiger partial charge in [-0.15, -0.1) is 0 Å². The van der Waals surface area contributed by atoms with E-state index in [2.05, 4.69) is 75.1 Å². The fraction of sp³-hybridized carbons (Fsp3) is 0.655. The average molecular weight is 523 g/mol. The molecule has 0 bridgehead atoms. The van der Waals surface area contributed by atoms with E-state index in [0.29, 0.717) is 6.42 Å². The van der Waals surface area contributed by atoms with Crippen LogP contribution in [0.25, 0.3) is 0 Å². The molecule has 0 saturated carbocycles. The van der Waals surface area contributed by atoms with Crippen LogP contribution in [0, 0.1) is 11.8 Å². The topological polar surface area (TPSA) is 58.2 Å². The van der Waals surface area contributed by atoms with Crippen molar-refractivity contribution in [2.75, 3.05) is 37.1 Å². The lowest BCUT2D eigenvalue weighted by Crippen LogP contribution is -2.29. The van der Waals surface area contributed by atoms with Gasteiger partial charge in [0.1, 0.15) is 0 Å². The van der Waals surface area contributed by atoms with E-state index in [-0.39, 0.29) is 23.7 Å². The SMILES string of the molecule is CCCCNC(=O)C(C)/C=C(\C=C(/C)CSC)CC(=C/C(C)C(=O)NCCCC)/C=C(\C)CSC. The summed E-state index contributed by atoms with van der Waals surface area (Å²) in [5.74, 6) is 1.60. The zero-order chi connectivity index (χ0) is 26.6. The standard InChI is InChI=1S/C29H50N2O2S2/c1-9-11-13-30-28(32)24(5)17-26(15-22(3)20-34-7)19-27(16-23(4)21-35-8)18-25(6)29(33)31-14-12-10-2/h15-18,24-25H,9-14,19-21H2,1-8H3,(H,30,32)(H,31,33)/b22-15+,23-16+,26-17+,27-18+. The van der Waals surface area contributed by atoms with Crippen LogP contribution in [-0.4, -0.2) is 48.9 Å². The molecule has 4 nitrogen and oxygen atoms in total. The molecule has 0 radical (unpaired) electrons. The average Bonchev–Trinajstić information content (AvgIpc) is 2.79. The predicted octanol–water partition coefficient (Wildman–Crippen LogP) is 6.95. The van der Waals surface area contributed by atoms with Crippen molar-refractivity contribution in [3.05, 3.63) is 46.6 Å². The number of carbonyl (C=O) groups is 2. The van der Waals surface area contributed by atoms with Gasteiger partial charge in [0.25, 0.3) is 0 Å². The van der Waals surface area contributed by atoms with Crippen molar-refractivity contribution in [3.63, 3.8) is 0 Å². The lowest BCUT2D eigenvalue weighted by Gasteiger charge is -2.14. The normalized spacial score (nSPS) is 15.1. The van der Waals surface area contributed by atoms with Gasteiger partial charge in [-0.1, -0.05) is 76.0 Å². The van der Waals surface area contributed by atoms with Crippen LogP contribution in [-0.2, 0) is 9.59 Å². The maximum atomic E-state index is 12.6. The molecule has 2 unspecified atom stereocenters. The maximum absolute atomic E-state index is 12.6. The number of hydrogen-bond acceptors (Lipinski definition) is 4. The number of carbonyl (C=O) groups excluding carboxylic acids is 2. The highest BCUT2D eigenvalue weighted by Crippen LogP contribution is 2.22. The minimum Gasteiger partial charge on any atom is -0.356 e. The van der Waals surface area contributed by atoms with Crippen LogP contribution >= 0.6 is 23.5 Å². The third kappa shape index (κ3) is 16.8. The van der Waals surface area contributed by atoms with Crippen molar-refractivity contribution in [1.82, 2.24) is 10.6 Å². The van der Waals surface area contributed by atoms with Crippen LogP contribution in [0.1, 0.15) is 73.6 Å². The van der Waals surface area contributed by atoms with Crippen LogP contribution in [0.4, 0.5) is 0 Å². The van der Waals surface area contributed by atoms with Crippen molar-refractivity contribution in [3.8, 4) is 0 Å². The van der Waals surface area contributed by atoms with Crippen molar-refractivity contribution in [2.24, 2.45) is 11.8 Å². The van der Waals surface area contributed by atoms with E-state index in [0.717, 1.165) is 61.4 Å². The van der Waals surface area contributed by atoms with Crippen LogP contribution in [0.3, 0.4) is 0 Å². The quantitative estimate of drug-likeness (QED) is 0.151. The molecule has 0 aromatic carbocycles. The van der Waals surface area contributed by atoms with Crippen molar-refractivity contribution < 1.29 is 9.59 Å². The Balaban J connectivity index is 6.01. The summed E-state index contributed by atoms with van der Waals surface area (Å²) >= 11 is 3.59. The summed E-state index contributed by atoms with van der Waals surface area (Å²) in [6.07, 6.45) is 17.6. The van der Waals surface area contributed by atoms with Crippen LogP contribution in [0.2, 0.25) is 0 Å². The minimum absolute atomic E-state index is 0.0650. The molecule has 0 aliphatic rings. The summed E-state index contributed by atoms with van der Waals surface area (Å²) < 4.78 is 0. The van der Waals surface area contributed by atoms with Gasteiger partial charge in [0, 0.05) is 24.6 Å². The van der Waals surface area contributed by atoms with Gasteiger partial charge in [0.05, 0.1) is 11.8 Å². The van der Waals surface area contributed by atoms with E-state index in [1.807, 2.05) is 13.8 Å². The number of amides is 2. The van der Waals surface area contributed by atoms with E-state index in [9.17, 15) is 9.59 Å². The molecule has 0 spiro atoms. The zero-order valence-electron chi connectivity index (χ0n) is 23.5. The minimum atomic E-state index is -0.215. The van der Waals surface area contributed by atoms with Crippen molar-refractivity contribution in [2.45, 2.75) is 73.6 Å². The van der Waals surface area contributed by atoms with Gasteiger partial charge < -0.3 is 10.6 Å². The Morgan fingerprint density at radius 1 is 0.743 bits per heavy atom. The highest BCUT2D eigenvalue weighted by atomic mass is 32.2. The zero-order valence-corrected chi connectivity index (χ0v) is 25.1. The molecule has 0 aliphatic carbocycles. The Morgan fingerprint density at radius 2 is 1.11 bits per heavy atom. The Labute approximate surface area is 224 Å². The third-order valence-corrected chi connectivity index (χ3v) is 6.92. The third-order valence-electron chi connectivity index (χ3n) is 5.43. The number of unbranched alkanes of at least 4 members (excludes halogenated alkanes) is 2. The van der Waals surface area contributed by atoms with E-state index in [1.165, 1.54) is 11.1 Å². The molecule has 0 aliphatic heterocycles. The molecule has 2 N–H and O–H groups in total. The van der Waals surface area contributed by atoms with Crippen LogP contribution in [0.5, 0.6) is 0 Å². The van der Waals surface area contributed by atoms with Gasteiger partial charge in [-0.25, -0.2) is 0 Å². The molecular weight excluding hydrogens is 472 g/mol. The highest BCUT2D eigenvalue weighted by molar-refractivity contribution is 7.98. The fourth-order valence-corrected chi connectivity index (χ4v) is 4.69. The summed E-state index contributed by atoms with van der Waals surface area (Å²) in [6, 6.07) is 0. The van der Waals surface area contributed by atoms with E-state index < -0.39 is 0 Å². The molecule has 6 heteroatoms. The smallest absolute Gasteiger partial charge is 0.226 e. The van der Waals surface area contributed by atoms with E-state index >= 15 is 0 Å². The second-order valence-corrected chi connectivity index (χ2v) is 11.1. The first-order valence-corrected chi connectivity index (χ1v) is 15.8. The summed E-state index contributed by atoms with van der Waals surface area (Å²) in [4.78, 5) is 25.3.